The molecule has 0 aliphatic rings. The molecule has 2 rings (SSSR count). The maximum Gasteiger partial charge on any atom is 0.305 e. The number of carbonyl (C=O) groups is 2. The van der Waals surface area contributed by atoms with Gasteiger partial charge in [0, 0.05) is 19.4 Å². The minimum Gasteiger partial charge on any atom is -0.481 e. The Morgan fingerprint density at radius 2 is 2.24 bits per heavy atom. The molecule has 0 radical (unpaired) electrons. The van der Waals surface area contributed by atoms with Crippen LogP contribution in [0.3, 0.4) is 0 Å². The van der Waals surface area contributed by atoms with Gasteiger partial charge in [0.2, 0.25) is 17.6 Å². The first-order chi connectivity index (χ1) is 10.1. The number of carbonyl (C=O) groups excluding carboxylic acids is 1. The standard InChI is InChI=1S/C13H15N3O4S/c17-10(14-7-6-12(18)19)4-1-5-11-15-13(16-20-11)9-3-2-8-21-9/h2-3,8H,1,4-7H2,(H,14,17)(H,18,19). The minimum atomic E-state index is -0.928. The topological polar surface area (TPSA) is 105 Å². The average Bonchev–Trinajstić information content (AvgIpc) is 3.08. The van der Waals surface area contributed by atoms with Gasteiger partial charge >= 0.3 is 5.97 Å². The third kappa shape index (κ3) is 4.99. The summed E-state index contributed by atoms with van der Waals surface area (Å²) in [7, 11) is 0. The zero-order valence-corrected chi connectivity index (χ0v) is 12.1. The lowest BCUT2D eigenvalue weighted by Crippen LogP contribution is -2.25. The van der Waals surface area contributed by atoms with E-state index in [1.807, 2.05) is 17.5 Å². The van der Waals surface area contributed by atoms with E-state index in [4.69, 9.17) is 9.63 Å². The third-order valence-electron chi connectivity index (χ3n) is 2.67. The molecule has 0 saturated carbocycles. The summed E-state index contributed by atoms with van der Waals surface area (Å²) in [6.07, 6.45) is 1.33. The van der Waals surface area contributed by atoms with Crippen LogP contribution in [0.15, 0.2) is 22.0 Å². The van der Waals surface area contributed by atoms with Crippen molar-refractivity contribution >= 4 is 23.2 Å². The molecule has 1 amide bonds. The largest absolute Gasteiger partial charge is 0.481 e. The molecule has 7 nitrogen and oxygen atoms in total. The van der Waals surface area contributed by atoms with Gasteiger partial charge in [0.1, 0.15) is 0 Å². The number of thiophene rings is 1. The lowest BCUT2D eigenvalue weighted by Gasteiger charge is -2.01. The highest BCUT2D eigenvalue weighted by Crippen LogP contribution is 2.21. The lowest BCUT2D eigenvalue weighted by molar-refractivity contribution is -0.136. The normalized spacial score (nSPS) is 10.5. The van der Waals surface area contributed by atoms with Crippen molar-refractivity contribution in [3.8, 4) is 10.7 Å². The molecule has 0 aliphatic heterocycles. The van der Waals surface area contributed by atoms with E-state index in [1.165, 1.54) is 11.3 Å². The molecular weight excluding hydrogens is 294 g/mol. The molecule has 0 unspecified atom stereocenters. The second-order valence-corrected chi connectivity index (χ2v) is 5.28. The summed E-state index contributed by atoms with van der Waals surface area (Å²) in [5.41, 5.74) is 0. The second kappa shape index (κ2) is 7.53. The first-order valence-electron chi connectivity index (χ1n) is 6.50. The number of nitrogens with one attached hydrogen (secondary N) is 1. The van der Waals surface area contributed by atoms with E-state index >= 15 is 0 Å². The molecule has 112 valence electrons. The average molecular weight is 309 g/mol. The van der Waals surface area contributed by atoms with Gasteiger partial charge in [-0.05, 0) is 17.9 Å². The number of hydrogen-bond donors (Lipinski definition) is 2. The zero-order chi connectivity index (χ0) is 15.1. The van der Waals surface area contributed by atoms with E-state index in [0.717, 1.165) is 4.88 Å². The van der Waals surface area contributed by atoms with E-state index in [9.17, 15) is 9.59 Å². The van der Waals surface area contributed by atoms with Gasteiger partial charge in [-0.2, -0.15) is 4.98 Å². The van der Waals surface area contributed by atoms with E-state index in [2.05, 4.69) is 15.5 Å². The number of carboxylic acids is 1. The van der Waals surface area contributed by atoms with Gasteiger partial charge in [0.25, 0.3) is 0 Å². The number of aryl methyl sites for hydroxylation is 1. The van der Waals surface area contributed by atoms with Crippen molar-refractivity contribution in [2.45, 2.75) is 25.7 Å². The van der Waals surface area contributed by atoms with Crippen molar-refractivity contribution in [1.29, 1.82) is 0 Å². The molecule has 0 saturated heterocycles. The molecule has 0 aromatic carbocycles. The van der Waals surface area contributed by atoms with Crippen LogP contribution in [0.2, 0.25) is 0 Å². The van der Waals surface area contributed by atoms with E-state index < -0.39 is 5.97 Å². The number of amides is 1. The fourth-order valence-electron chi connectivity index (χ4n) is 1.66. The molecule has 21 heavy (non-hydrogen) atoms. The summed E-state index contributed by atoms with van der Waals surface area (Å²) < 4.78 is 5.12. The van der Waals surface area contributed by atoms with Crippen molar-refractivity contribution in [3.05, 3.63) is 23.4 Å². The van der Waals surface area contributed by atoms with Crippen LogP contribution >= 0.6 is 11.3 Å². The number of aromatic nitrogens is 2. The van der Waals surface area contributed by atoms with Crippen molar-refractivity contribution < 1.29 is 19.2 Å². The van der Waals surface area contributed by atoms with E-state index in [-0.39, 0.29) is 18.9 Å². The monoisotopic (exact) mass is 309 g/mol. The fraction of sp³-hybridized carbons (Fsp3) is 0.385. The number of hydrogen-bond acceptors (Lipinski definition) is 6. The van der Waals surface area contributed by atoms with Crippen LogP contribution in [0.4, 0.5) is 0 Å². The van der Waals surface area contributed by atoms with Crippen molar-refractivity contribution in [1.82, 2.24) is 15.5 Å². The maximum atomic E-state index is 11.4. The van der Waals surface area contributed by atoms with E-state index in [1.54, 1.807) is 0 Å². The maximum absolute atomic E-state index is 11.4. The highest BCUT2D eigenvalue weighted by atomic mass is 32.1. The predicted octanol–water partition coefficient (Wildman–Crippen LogP) is 1.71. The van der Waals surface area contributed by atoms with Gasteiger partial charge in [-0.1, -0.05) is 11.2 Å². The second-order valence-electron chi connectivity index (χ2n) is 4.34. The number of carboxylic acid groups (broad SMARTS) is 1. The Bertz CT molecular complexity index is 594. The van der Waals surface area contributed by atoms with Gasteiger partial charge in [-0.3, -0.25) is 9.59 Å². The molecule has 0 spiro atoms. The number of aliphatic carboxylic acids is 1. The Morgan fingerprint density at radius 3 is 2.95 bits per heavy atom. The first-order valence-corrected chi connectivity index (χ1v) is 7.38. The number of rotatable bonds is 8. The Balaban J connectivity index is 1.69. The molecule has 0 atom stereocenters. The molecule has 2 aromatic heterocycles. The third-order valence-corrected chi connectivity index (χ3v) is 3.53. The SMILES string of the molecule is O=C(O)CCNC(=O)CCCc1nc(-c2cccs2)no1. The predicted molar refractivity (Wildman–Crippen MR) is 75.8 cm³/mol. The van der Waals surface area contributed by atoms with Gasteiger partial charge < -0.3 is 14.9 Å². The quantitative estimate of drug-likeness (QED) is 0.769. The summed E-state index contributed by atoms with van der Waals surface area (Å²) in [5.74, 6) is -0.0424. The molecule has 0 fully saturated rings. The molecule has 0 bridgehead atoms. The summed E-state index contributed by atoms with van der Waals surface area (Å²) >= 11 is 1.53. The Kier molecular flexibility index (Phi) is 5.44. The van der Waals surface area contributed by atoms with Gasteiger partial charge in [0.05, 0.1) is 11.3 Å². The fourth-order valence-corrected chi connectivity index (χ4v) is 2.31. The van der Waals surface area contributed by atoms with Crippen LogP contribution < -0.4 is 5.32 Å². The van der Waals surface area contributed by atoms with Crippen LogP contribution in [0.25, 0.3) is 10.7 Å². The Labute approximate surface area is 125 Å². The van der Waals surface area contributed by atoms with Crippen LogP contribution in [0.5, 0.6) is 0 Å². The highest BCUT2D eigenvalue weighted by molar-refractivity contribution is 7.13. The smallest absolute Gasteiger partial charge is 0.305 e. The molecule has 2 aromatic rings. The summed E-state index contributed by atoms with van der Waals surface area (Å²) in [6.45, 7) is 0.150. The van der Waals surface area contributed by atoms with E-state index in [0.29, 0.717) is 31.0 Å². The van der Waals surface area contributed by atoms with Crippen molar-refractivity contribution in [3.63, 3.8) is 0 Å². The summed E-state index contributed by atoms with van der Waals surface area (Å²) in [6, 6.07) is 3.83. The molecule has 2 heterocycles. The molecule has 8 heteroatoms. The van der Waals surface area contributed by atoms with Gasteiger partial charge in [-0.15, -0.1) is 11.3 Å². The summed E-state index contributed by atoms with van der Waals surface area (Å²) in [4.78, 5) is 26.9. The Morgan fingerprint density at radius 1 is 1.38 bits per heavy atom. The van der Waals surface area contributed by atoms with Crippen LogP contribution in [0, 0.1) is 0 Å². The van der Waals surface area contributed by atoms with Crippen molar-refractivity contribution in [2.75, 3.05) is 6.54 Å². The minimum absolute atomic E-state index is 0.0699. The lowest BCUT2D eigenvalue weighted by atomic mass is 10.2. The zero-order valence-electron chi connectivity index (χ0n) is 11.2. The van der Waals surface area contributed by atoms with Crippen molar-refractivity contribution in [2.24, 2.45) is 0 Å². The molecular formula is C13H15N3O4S. The molecule has 2 N–H and O–H groups in total. The molecule has 0 aliphatic carbocycles. The van der Waals surface area contributed by atoms with Gasteiger partial charge in [-0.25, -0.2) is 0 Å². The first kappa shape index (κ1) is 15.2. The van der Waals surface area contributed by atoms with Gasteiger partial charge in [0.15, 0.2) is 0 Å². The van der Waals surface area contributed by atoms with Crippen LogP contribution in [0.1, 0.15) is 25.2 Å². The Hall–Kier alpha value is -2.22. The number of nitrogens with zero attached hydrogens (tertiary/aromatic N) is 2. The van der Waals surface area contributed by atoms with Crippen LogP contribution in [-0.2, 0) is 16.0 Å². The summed E-state index contributed by atoms with van der Waals surface area (Å²) in [5, 5.41) is 16.8. The highest BCUT2D eigenvalue weighted by Gasteiger charge is 2.10. The van der Waals surface area contributed by atoms with Crippen LogP contribution in [-0.4, -0.2) is 33.7 Å².